The fraction of sp³-hybridized carbons (Fsp3) is 0.308. The first-order valence-corrected chi connectivity index (χ1v) is 12.1. The van der Waals surface area contributed by atoms with Gasteiger partial charge in [0, 0.05) is 25.1 Å². The van der Waals surface area contributed by atoms with Crippen LogP contribution >= 0.6 is 0 Å². The van der Waals surface area contributed by atoms with E-state index in [0.29, 0.717) is 30.7 Å². The molecule has 0 aliphatic heterocycles. The quantitative estimate of drug-likeness (QED) is 0.362. The molecule has 5 rings (SSSR count). The minimum atomic E-state index is -0.417. The number of aromatic nitrogens is 8. The van der Waals surface area contributed by atoms with Gasteiger partial charge in [0.2, 0.25) is 0 Å². The lowest BCUT2D eigenvalue weighted by molar-refractivity contribution is 0.513. The summed E-state index contributed by atoms with van der Waals surface area (Å²) in [4.78, 5) is 32.7. The number of H-pyrrole nitrogens is 1. The monoisotopic (exact) mass is 484 g/mol. The van der Waals surface area contributed by atoms with Gasteiger partial charge in [-0.2, -0.15) is 4.68 Å². The number of hydrogen-bond donors (Lipinski definition) is 1. The van der Waals surface area contributed by atoms with Crippen molar-refractivity contribution in [2.24, 2.45) is 5.92 Å². The number of nitrogens with zero attached hydrogens (tertiary/aromatic N) is 7. The van der Waals surface area contributed by atoms with Gasteiger partial charge >= 0.3 is 5.69 Å². The van der Waals surface area contributed by atoms with Crippen LogP contribution in [0.5, 0.6) is 0 Å². The van der Waals surface area contributed by atoms with Crippen molar-refractivity contribution in [2.75, 3.05) is 0 Å². The lowest BCUT2D eigenvalue weighted by Gasteiger charge is -2.12. The molecule has 0 aliphatic carbocycles. The van der Waals surface area contributed by atoms with Crippen LogP contribution in [0.2, 0.25) is 0 Å². The lowest BCUT2D eigenvalue weighted by Crippen LogP contribution is -2.32. The Morgan fingerprint density at radius 3 is 2.47 bits per heavy atom. The van der Waals surface area contributed by atoms with E-state index in [1.807, 2.05) is 54.8 Å². The van der Waals surface area contributed by atoms with Crippen LogP contribution in [0.4, 0.5) is 0 Å². The molecule has 5 aromatic rings. The third kappa shape index (κ3) is 4.37. The number of hydrogen-bond acceptors (Lipinski definition) is 6. The third-order valence-electron chi connectivity index (χ3n) is 6.09. The smallest absolute Gasteiger partial charge is 0.318 e. The van der Waals surface area contributed by atoms with Gasteiger partial charge < -0.3 is 4.57 Å². The van der Waals surface area contributed by atoms with Crippen molar-refractivity contribution in [1.29, 1.82) is 0 Å². The molecule has 0 spiro atoms. The Balaban J connectivity index is 1.55. The molecule has 0 saturated carbocycles. The van der Waals surface area contributed by atoms with Crippen molar-refractivity contribution in [3.8, 4) is 16.8 Å². The highest BCUT2D eigenvalue weighted by atomic mass is 16.2. The third-order valence-corrected chi connectivity index (χ3v) is 6.09. The van der Waals surface area contributed by atoms with E-state index >= 15 is 0 Å². The highest BCUT2D eigenvalue weighted by Gasteiger charge is 2.19. The lowest BCUT2D eigenvalue weighted by atomic mass is 10.0. The molecule has 2 aromatic carbocycles. The second-order valence-corrected chi connectivity index (χ2v) is 9.27. The second kappa shape index (κ2) is 9.73. The normalized spacial score (nSPS) is 11.6. The van der Waals surface area contributed by atoms with Crippen LogP contribution in [0.1, 0.15) is 38.6 Å². The van der Waals surface area contributed by atoms with E-state index in [0.717, 1.165) is 34.6 Å². The number of aromatic amines is 1. The first-order valence-electron chi connectivity index (χ1n) is 12.1. The number of nitrogens with one attached hydrogen (secondary N) is 1. The van der Waals surface area contributed by atoms with Gasteiger partial charge in [-0.3, -0.25) is 14.3 Å². The Morgan fingerprint density at radius 2 is 1.78 bits per heavy atom. The number of fused-ring (bicyclic) bond motifs is 1. The summed E-state index contributed by atoms with van der Waals surface area (Å²) >= 11 is 0. The van der Waals surface area contributed by atoms with Gasteiger partial charge in [0.05, 0.1) is 5.69 Å². The van der Waals surface area contributed by atoms with Crippen molar-refractivity contribution in [1.82, 2.24) is 39.3 Å². The second-order valence-electron chi connectivity index (χ2n) is 9.27. The summed E-state index contributed by atoms with van der Waals surface area (Å²) < 4.78 is 5.16. The van der Waals surface area contributed by atoms with E-state index in [1.165, 1.54) is 0 Å². The largest absolute Gasteiger partial charge is 0.330 e. The molecule has 10 heteroatoms. The van der Waals surface area contributed by atoms with Gasteiger partial charge in [0.1, 0.15) is 12.2 Å². The zero-order valence-corrected chi connectivity index (χ0v) is 20.5. The standard InChI is InChI=1S/C26H28N8O2/c1-4-7-22-28-24-23(25(35)29-26(36)33(24)14-17(2)3)32(22)15-18-10-12-19(13-11-18)20-8-5-6-9-21(20)34-16-27-30-31-34/h5-6,8-13,16-17H,4,7,14-15H2,1-3H3,(H,29,35,36). The number of para-hydroxylation sites is 1. The van der Waals surface area contributed by atoms with Gasteiger partial charge in [0.25, 0.3) is 5.56 Å². The molecule has 0 fully saturated rings. The molecule has 10 nitrogen and oxygen atoms in total. The van der Waals surface area contributed by atoms with Crippen molar-refractivity contribution >= 4 is 11.2 Å². The summed E-state index contributed by atoms with van der Waals surface area (Å²) in [6.45, 7) is 7.11. The van der Waals surface area contributed by atoms with Crippen LogP contribution < -0.4 is 11.2 Å². The average molecular weight is 485 g/mol. The molecular weight excluding hydrogens is 456 g/mol. The van der Waals surface area contributed by atoms with Crippen LogP contribution in [-0.4, -0.2) is 39.3 Å². The van der Waals surface area contributed by atoms with Gasteiger partial charge in [0.15, 0.2) is 11.2 Å². The molecule has 1 N–H and O–H groups in total. The first kappa shape index (κ1) is 23.4. The number of benzene rings is 2. The minimum Gasteiger partial charge on any atom is -0.318 e. The van der Waals surface area contributed by atoms with Gasteiger partial charge in [-0.05, 0) is 40.0 Å². The summed E-state index contributed by atoms with van der Waals surface area (Å²) in [6.07, 6.45) is 3.16. The first-order chi connectivity index (χ1) is 17.5. The van der Waals surface area contributed by atoms with E-state index in [9.17, 15) is 9.59 Å². The van der Waals surface area contributed by atoms with Gasteiger partial charge in [-0.1, -0.05) is 63.2 Å². The van der Waals surface area contributed by atoms with Crippen LogP contribution in [0.15, 0.2) is 64.4 Å². The van der Waals surface area contributed by atoms with E-state index in [2.05, 4.69) is 39.6 Å². The van der Waals surface area contributed by atoms with E-state index in [1.54, 1.807) is 15.6 Å². The summed E-state index contributed by atoms with van der Waals surface area (Å²) in [6, 6.07) is 16.1. The molecule has 184 valence electrons. The molecule has 0 amide bonds. The van der Waals surface area contributed by atoms with Crippen LogP contribution in [0, 0.1) is 5.92 Å². The molecule has 3 aromatic heterocycles. The van der Waals surface area contributed by atoms with E-state index in [-0.39, 0.29) is 5.92 Å². The maximum Gasteiger partial charge on any atom is 0.330 e. The maximum absolute atomic E-state index is 12.9. The molecule has 0 bridgehead atoms. The Morgan fingerprint density at radius 1 is 1.00 bits per heavy atom. The fourth-order valence-corrected chi connectivity index (χ4v) is 4.50. The predicted molar refractivity (Wildman–Crippen MR) is 137 cm³/mol. The molecule has 0 atom stereocenters. The Hall–Kier alpha value is -4.34. The zero-order chi connectivity index (χ0) is 25.2. The van der Waals surface area contributed by atoms with E-state index in [4.69, 9.17) is 4.98 Å². The maximum atomic E-state index is 12.9. The number of tetrazole rings is 1. The highest BCUT2D eigenvalue weighted by Crippen LogP contribution is 2.27. The fourth-order valence-electron chi connectivity index (χ4n) is 4.50. The van der Waals surface area contributed by atoms with Crippen molar-refractivity contribution in [3.63, 3.8) is 0 Å². The summed E-state index contributed by atoms with van der Waals surface area (Å²) in [7, 11) is 0. The predicted octanol–water partition coefficient (Wildman–Crippen LogP) is 3.19. The summed E-state index contributed by atoms with van der Waals surface area (Å²) in [5, 5.41) is 11.5. The molecular formula is C26H28N8O2. The van der Waals surface area contributed by atoms with Crippen LogP contribution in [0.25, 0.3) is 28.0 Å². The van der Waals surface area contributed by atoms with Crippen molar-refractivity contribution in [3.05, 3.63) is 87.1 Å². The number of rotatable bonds is 8. The molecule has 0 aliphatic rings. The van der Waals surface area contributed by atoms with Crippen molar-refractivity contribution < 1.29 is 0 Å². The average Bonchev–Trinajstić information content (AvgIpc) is 3.52. The topological polar surface area (TPSA) is 116 Å². The zero-order valence-electron chi connectivity index (χ0n) is 20.5. The van der Waals surface area contributed by atoms with Gasteiger partial charge in [-0.25, -0.2) is 9.78 Å². The number of imidazole rings is 1. The summed E-state index contributed by atoms with van der Waals surface area (Å²) in [5.74, 6) is 1.04. The van der Waals surface area contributed by atoms with Gasteiger partial charge in [-0.15, -0.1) is 5.10 Å². The summed E-state index contributed by atoms with van der Waals surface area (Å²) in [5.41, 5.74) is 4.01. The molecule has 36 heavy (non-hydrogen) atoms. The number of aryl methyl sites for hydroxylation is 1. The highest BCUT2D eigenvalue weighted by molar-refractivity contribution is 5.73. The Kier molecular flexibility index (Phi) is 6.32. The minimum absolute atomic E-state index is 0.236. The van der Waals surface area contributed by atoms with Crippen LogP contribution in [0.3, 0.4) is 0 Å². The molecule has 0 radical (unpaired) electrons. The van der Waals surface area contributed by atoms with Crippen LogP contribution in [-0.2, 0) is 19.5 Å². The van der Waals surface area contributed by atoms with Crippen molar-refractivity contribution in [2.45, 2.75) is 46.7 Å². The molecule has 0 saturated heterocycles. The Labute approximate surface area is 207 Å². The SMILES string of the molecule is CCCc1nc2c(c(=O)[nH]c(=O)n2CC(C)C)n1Cc1ccc(-c2ccccc2-n2cnnn2)cc1. The van der Waals surface area contributed by atoms with E-state index < -0.39 is 11.2 Å². The molecule has 0 unspecified atom stereocenters. The Bertz CT molecular complexity index is 1610. The molecule has 3 heterocycles.